The first-order valence-electron chi connectivity index (χ1n) is 5.41. The second-order valence-electron chi connectivity index (χ2n) is 3.81. The molecule has 0 radical (unpaired) electrons. The van der Waals surface area contributed by atoms with E-state index in [1.165, 1.54) is 18.2 Å². The fourth-order valence-corrected chi connectivity index (χ4v) is 1.51. The average Bonchev–Trinajstić information content (AvgIpc) is 2.67. The van der Waals surface area contributed by atoms with Gasteiger partial charge in [0.15, 0.2) is 24.5 Å². The largest absolute Gasteiger partial charge is 0.480 e. The maximum absolute atomic E-state index is 13.5. The summed E-state index contributed by atoms with van der Waals surface area (Å²) in [6.45, 7) is 3.57. The van der Waals surface area contributed by atoms with Gasteiger partial charge in [-0.1, -0.05) is 6.07 Å². The van der Waals surface area contributed by atoms with Crippen LogP contribution in [-0.4, -0.2) is 11.3 Å². The number of oxazole rings is 1. The lowest BCUT2D eigenvalue weighted by molar-refractivity contribution is 0.111. The van der Waals surface area contributed by atoms with Crippen molar-refractivity contribution in [2.75, 3.05) is 0 Å². The first kappa shape index (κ1) is 12.3. The van der Waals surface area contributed by atoms with Gasteiger partial charge in [0.05, 0.1) is 11.3 Å². The monoisotopic (exact) mass is 249 g/mol. The molecule has 4 nitrogen and oxygen atoms in total. The fraction of sp³-hybridized carbons (Fsp3) is 0.231. The van der Waals surface area contributed by atoms with Crippen LogP contribution in [-0.2, 0) is 6.61 Å². The van der Waals surface area contributed by atoms with Crippen molar-refractivity contribution in [2.24, 2.45) is 0 Å². The molecule has 2 rings (SSSR count). The Morgan fingerprint density at radius 1 is 1.44 bits per heavy atom. The third-order valence-corrected chi connectivity index (χ3v) is 2.54. The van der Waals surface area contributed by atoms with Crippen LogP contribution < -0.4 is 4.74 Å². The molecule has 1 heterocycles. The van der Waals surface area contributed by atoms with Gasteiger partial charge in [0.25, 0.3) is 0 Å². The number of nitrogens with zero attached hydrogens (tertiary/aromatic N) is 1. The molecule has 0 saturated carbocycles. The summed E-state index contributed by atoms with van der Waals surface area (Å²) < 4.78 is 24.0. The first-order valence-corrected chi connectivity index (χ1v) is 5.41. The predicted molar refractivity (Wildman–Crippen MR) is 62.1 cm³/mol. The van der Waals surface area contributed by atoms with Crippen LogP contribution in [0.4, 0.5) is 4.39 Å². The van der Waals surface area contributed by atoms with E-state index < -0.39 is 5.82 Å². The Morgan fingerprint density at radius 3 is 2.83 bits per heavy atom. The van der Waals surface area contributed by atoms with E-state index in [-0.39, 0.29) is 17.9 Å². The Labute approximate surface area is 103 Å². The van der Waals surface area contributed by atoms with Crippen molar-refractivity contribution in [1.29, 1.82) is 0 Å². The number of para-hydroxylation sites is 1. The van der Waals surface area contributed by atoms with Crippen molar-refractivity contribution in [3.8, 4) is 5.75 Å². The number of rotatable bonds is 4. The smallest absolute Gasteiger partial charge is 0.232 e. The maximum Gasteiger partial charge on any atom is 0.232 e. The molecule has 2 aromatic rings. The molecule has 0 spiro atoms. The maximum atomic E-state index is 13.5. The van der Waals surface area contributed by atoms with Gasteiger partial charge in [-0.15, -0.1) is 0 Å². The molecule has 0 fully saturated rings. The summed E-state index contributed by atoms with van der Waals surface area (Å²) in [6.07, 6.45) is 0.546. The number of benzene rings is 1. The lowest BCUT2D eigenvalue weighted by Gasteiger charge is -2.06. The van der Waals surface area contributed by atoms with Gasteiger partial charge in [-0.25, -0.2) is 9.37 Å². The molecule has 18 heavy (non-hydrogen) atoms. The number of carbonyl (C=O) groups excluding carboxylic acids is 1. The van der Waals surface area contributed by atoms with Crippen molar-refractivity contribution in [1.82, 2.24) is 4.98 Å². The topological polar surface area (TPSA) is 52.3 Å². The summed E-state index contributed by atoms with van der Waals surface area (Å²) in [6, 6.07) is 4.16. The number of ether oxygens (including phenoxy) is 1. The average molecular weight is 249 g/mol. The molecule has 0 atom stereocenters. The van der Waals surface area contributed by atoms with Crippen molar-refractivity contribution in [3.05, 3.63) is 46.9 Å². The molecular formula is C13H12FNO3. The molecule has 5 heteroatoms. The van der Waals surface area contributed by atoms with E-state index in [0.29, 0.717) is 17.9 Å². The van der Waals surface area contributed by atoms with Crippen molar-refractivity contribution in [2.45, 2.75) is 20.5 Å². The lowest BCUT2D eigenvalue weighted by Crippen LogP contribution is -2.01. The summed E-state index contributed by atoms with van der Waals surface area (Å²) in [5.74, 6) is 0.378. The van der Waals surface area contributed by atoms with Crippen LogP contribution in [0, 0.1) is 19.7 Å². The Balaban J connectivity index is 2.17. The van der Waals surface area contributed by atoms with Crippen LogP contribution in [0.1, 0.15) is 27.7 Å². The summed E-state index contributed by atoms with van der Waals surface area (Å²) in [4.78, 5) is 14.9. The number of aldehydes is 1. The number of carbonyl (C=O) groups is 1. The fourth-order valence-electron chi connectivity index (χ4n) is 1.51. The zero-order valence-corrected chi connectivity index (χ0v) is 10.1. The van der Waals surface area contributed by atoms with Crippen LogP contribution in [0.2, 0.25) is 0 Å². The lowest BCUT2D eigenvalue weighted by atomic mass is 10.2. The van der Waals surface area contributed by atoms with E-state index in [4.69, 9.17) is 9.15 Å². The normalized spacial score (nSPS) is 10.4. The highest BCUT2D eigenvalue weighted by Gasteiger charge is 2.12. The highest BCUT2D eigenvalue weighted by Crippen LogP contribution is 2.22. The summed E-state index contributed by atoms with van der Waals surface area (Å²) in [5.41, 5.74) is 0.924. The zero-order valence-electron chi connectivity index (χ0n) is 10.1. The van der Waals surface area contributed by atoms with Gasteiger partial charge in [-0.3, -0.25) is 4.79 Å². The Kier molecular flexibility index (Phi) is 3.41. The van der Waals surface area contributed by atoms with E-state index >= 15 is 0 Å². The molecular weight excluding hydrogens is 237 g/mol. The van der Waals surface area contributed by atoms with Crippen LogP contribution in [0.15, 0.2) is 22.6 Å². The number of aromatic nitrogens is 1. The minimum absolute atomic E-state index is 0.0174. The van der Waals surface area contributed by atoms with Gasteiger partial charge in [0.1, 0.15) is 5.76 Å². The third-order valence-electron chi connectivity index (χ3n) is 2.54. The minimum atomic E-state index is -0.584. The van der Waals surface area contributed by atoms with Crippen molar-refractivity contribution < 1.29 is 18.3 Å². The molecule has 0 aliphatic rings. The summed E-state index contributed by atoms with van der Waals surface area (Å²) >= 11 is 0. The second kappa shape index (κ2) is 5.00. The Bertz CT molecular complexity index is 558. The molecule has 0 aliphatic carbocycles. The predicted octanol–water partition coefficient (Wildman–Crippen LogP) is 2.82. The number of aryl methyl sites for hydroxylation is 2. The highest BCUT2D eigenvalue weighted by atomic mass is 19.1. The summed E-state index contributed by atoms with van der Waals surface area (Å²) in [7, 11) is 0. The standard InChI is InChI=1S/C13H12FNO3/c1-8-9(2)18-12(15-8)7-17-13-10(6-16)4-3-5-11(13)14/h3-6H,7H2,1-2H3. The number of hydrogen-bond acceptors (Lipinski definition) is 4. The van der Waals surface area contributed by atoms with E-state index in [1.54, 1.807) is 6.92 Å². The zero-order chi connectivity index (χ0) is 13.1. The Morgan fingerprint density at radius 2 is 2.22 bits per heavy atom. The van der Waals surface area contributed by atoms with E-state index in [2.05, 4.69) is 4.98 Å². The molecule has 1 aromatic carbocycles. The van der Waals surface area contributed by atoms with Crippen LogP contribution in [0.25, 0.3) is 0 Å². The van der Waals surface area contributed by atoms with Crippen molar-refractivity contribution >= 4 is 6.29 Å². The SMILES string of the molecule is Cc1nc(COc2c(F)cccc2C=O)oc1C. The highest BCUT2D eigenvalue weighted by molar-refractivity contribution is 5.79. The number of halogens is 1. The van der Waals surface area contributed by atoms with Crippen LogP contribution >= 0.6 is 0 Å². The molecule has 1 aromatic heterocycles. The van der Waals surface area contributed by atoms with Gasteiger partial charge in [0.2, 0.25) is 5.89 Å². The van der Waals surface area contributed by atoms with Gasteiger partial charge < -0.3 is 9.15 Å². The molecule has 0 unspecified atom stereocenters. The van der Waals surface area contributed by atoms with Crippen molar-refractivity contribution in [3.63, 3.8) is 0 Å². The molecule has 0 bridgehead atoms. The number of hydrogen-bond donors (Lipinski definition) is 0. The third kappa shape index (κ3) is 2.40. The van der Waals surface area contributed by atoms with E-state index in [1.807, 2.05) is 6.92 Å². The van der Waals surface area contributed by atoms with Gasteiger partial charge >= 0.3 is 0 Å². The molecule has 94 valence electrons. The van der Waals surface area contributed by atoms with E-state index in [0.717, 1.165) is 5.69 Å². The molecule has 0 aliphatic heterocycles. The van der Waals surface area contributed by atoms with Crippen LogP contribution in [0.5, 0.6) is 5.75 Å². The minimum Gasteiger partial charge on any atom is -0.480 e. The first-order chi connectivity index (χ1) is 8.61. The van der Waals surface area contributed by atoms with Gasteiger partial charge in [-0.2, -0.15) is 0 Å². The van der Waals surface area contributed by atoms with Gasteiger partial charge in [-0.05, 0) is 26.0 Å². The van der Waals surface area contributed by atoms with Crippen LogP contribution in [0.3, 0.4) is 0 Å². The second-order valence-corrected chi connectivity index (χ2v) is 3.81. The van der Waals surface area contributed by atoms with E-state index in [9.17, 15) is 9.18 Å². The molecule has 0 saturated heterocycles. The quantitative estimate of drug-likeness (QED) is 0.782. The van der Waals surface area contributed by atoms with Gasteiger partial charge in [0, 0.05) is 0 Å². The summed E-state index contributed by atoms with van der Waals surface area (Å²) in [5, 5.41) is 0. The molecule has 0 amide bonds. The molecule has 0 N–H and O–H groups in total. The Hall–Kier alpha value is -2.17.